The van der Waals surface area contributed by atoms with Gasteiger partial charge in [0.05, 0.1) is 0 Å². The number of hydrogen-bond acceptors (Lipinski definition) is 3. The van der Waals surface area contributed by atoms with Gasteiger partial charge >= 0.3 is 10.4 Å². The number of unbranched alkanes of at least 4 members (excludes halogenated alkanes) is 16. The number of hydrogen-bond donors (Lipinski definition) is 2. The summed E-state index contributed by atoms with van der Waals surface area (Å²) in [4.78, 5) is 0. The van der Waals surface area contributed by atoms with Crippen LogP contribution in [0.4, 0.5) is 0 Å². The third kappa shape index (κ3) is 40.5. The first-order valence-electron chi connectivity index (χ1n) is 11.7. The van der Waals surface area contributed by atoms with Gasteiger partial charge in [-0.2, -0.15) is 8.42 Å². The quantitative estimate of drug-likeness (QED) is 0.157. The van der Waals surface area contributed by atoms with E-state index in [9.17, 15) is 0 Å². The van der Waals surface area contributed by atoms with Crippen molar-refractivity contribution in [2.45, 2.75) is 129 Å². The average molecular weight is 425 g/mol. The summed E-state index contributed by atoms with van der Waals surface area (Å²) in [5, 5.41) is 0. The van der Waals surface area contributed by atoms with Crippen LogP contribution in [0.3, 0.4) is 0 Å². The van der Waals surface area contributed by atoms with Crippen LogP contribution in [0.25, 0.3) is 0 Å². The molecule has 0 aromatic carbocycles. The summed E-state index contributed by atoms with van der Waals surface area (Å²) in [6.45, 7) is 6.56. The van der Waals surface area contributed by atoms with Crippen LogP contribution in [0.2, 0.25) is 0 Å². The second kappa shape index (κ2) is 24.9. The molecule has 28 heavy (non-hydrogen) atoms. The molecule has 0 rings (SSSR count). The van der Waals surface area contributed by atoms with E-state index >= 15 is 0 Å². The van der Waals surface area contributed by atoms with Gasteiger partial charge in [-0.05, 0) is 12.8 Å². The maximum atomic E-state index is 8.74. The third-order valence-electron chi connectivity index (χ3n) is 4.78. The summed E-state index contributed by atoms with van der Waals surface area (Å²) in [7, 11) is -4.67. The molecule has 0 aliphatic rings. The molecule has 172 valence electrons. The lowest BCUT2D eigenvalue weighted by molar-refractivity contribution is 0.125. The fourth-order valence-corrected chi connectivity index (χ4v) is 3.13. The molecule has 2 N–H and O–H groups in total. The number of rotatable bonds is 20. The molecule has 0 fully saturated rings. The Morgan fingerprint density at radius 3 is 0.964 bits per heavy atom. The minimum atomic E-state index is -4.67. The van der Waals surface area contributed by atoms with Gasteiger partial charge in [-0.1, -0.05) is 117 Å². The lowest BCUT2D eigenvalue weighted by Gasteiger charge is -2.05. The van der Waals surface area contributed by atoms with Gasteiger partial charge in [-0.15, -0.1) is 0 Å². The minimum Gasteiger partial charge on any atom is -0.381 e. The Morgan fingerprint density at radius 1 is 0.500 bits per heavy atom. The van der Waals surface area contributed by atoms with Gasteiger partial charge in [0, 0.05) is 13.2 Å². The SMILES string of the molecule is CCCCCCCCCCCOCCCCCCCCCCC.O=S(=O)(O)O. The molecule has 6 heteroatoms. The molecule has 0 aromatic heterocycles. The Hall–Kier alpha value is -0.170. The van der Waals surface area contributed by atoms with Crippen molar-refractivity contribution in [2.24, 2.45) is 0 Å². The van der Waals surface area contributed by atoms with E-state index in [2.05, 4.69) is 13.8 Å². The minimum absolute atomic E-state index is 0.993. The molecule has 0 atom stereocenters. The van der Waals surface area contributed by atoms with Crippen LogP contribution >= 0.6 is 0 Å². The predicted octanol–water partition coefficient (Wildman–Crippen LogP) is 7.41. The van der Waals surface area contributed by atoms with Crippen molar-refractivity contribution in [2.75, 3.05) is 13.2 Å². The van der Waals surface area contributed by atoms with E-state index in [1.807, 2.05) is 0 Å². The van der Waals surface area contributed by atoms with E-state index in [1.165, 1.54) is 116 Å². The van der Waals surface area contributed by atoms with E-state index < -0.39 is 10.4 Å². The van der Waals surface area contributed by atoms with Crippen molar-refractivity contribution >= 4 is 10.4 Å². The summed E-state index contributed by atoms with van der Waals surface area (Å²) in [6, 6.07) is 0. The van der Waals surface area contributed by atoms with Crippen LogP contribution in [0.15, 0.2) is 0 Å². The van der Waals surface area contributed by atoms with E-state index in [0.717, 1.165) is 13.2 Å². The molecule has 0 aromatic rings. The Kier molecular flexibility index (Phi) is 26.7. The Bertz CT molecular complexity index is 343. The largest absolute Gasteiger partial charge is 0.394 e. The lowest BCUT2D eigenvalue weighted by Crippen LogP contribution is -1.97. The molecule has 0 aliphatic carbocycles. The summed E-state index contributed by atoms with van der Waals surface area (Å²) in [5.74, 6) is 0. The van der Waals surface area contributed by atoms with Crippen molar-refractivity contribution in [3.63, 3.8) is 0 Å². The first-order chi connectivity index (χ1) is 13.4. The fraction of sp³-hybridized carbons (Fsp3) is 1.00. The summed E-state index contributed by atoms with van der Waals surface area (Å²) >= 11 is 0. The van der Waals surface area contributed by atoms with Crippen molar-refractivity contribution < 1.29 is 22.3 Å². The Balaban J connectivity index is 0. The van der Waals surface area contributed by atoms with Gasteiger partial charge in [0.25, 0.3) is 0 Å². The second-order valence-corrected chi connectivity index (χ2v) is 8.61. The molecule has 0 radical (unpaired) electrons. The summed E-state index contributed by atoms with van der Waals surface area (Å²) in [6.07, 6.45) is 25.2. The zero-order valence-electron chi connectivity index (χ0n) is 18.7. The normalized spacial score (nSPS) is 11.3. The molecule has 5 nitrogen and oxygen atoms in total. The van der Waals surface area contributed by atoms with Gasteiger partial charge in [0.2, 0.25) is 0 Å². The highest BCUT2D eigenvalue weighted by Crippen LogP contribution is 2.11. The standard InChI is InChI=1S/C22H46O.H2O4S/c1-3-5-7-9-11-13-15-17-19-21-23-22-20-18-16-14-12-10-8-6-4-2;1-5(2,3)4/h3-22H2,1-2H3;(H2,1,2,3,4). The van der Waals surface area contributed by atoms with Crippen LogP contribution in [-0.2, 0) is 15.1 Å². The molecule has 0 saturated carbocycles. The zero-order valence-corrected chi connectivity index (χ0v) is 19.5. The van der Waals surface area contributed by atoms with Crippen LogP contribution in [0, 0.1) is 0 Å². The Labute approximate surface area is 175 Å². The van der Waals surface area contributed by atoms with Crippen molar-refractivity contribution in [3.05, 3.63) is 0 Å². The van der Waals surface area contributed by atoms with Gasteiger partial charge in [0.15, 0.2) is 0 Å². The average Bonchev–Trinajstić information content (AvgIpc) is 2.62. The van der Waals surface area contributed by atoms with Crippen molar-refractivity contribution in [1.82, 2.24) is 0 Å². The van der Waals surface area contributed by atoms with Crippen LogP contribution in [0.1, 0.15) is 129 Å². The topological polar surface area (TPSA) is 83.8 Å². The van der Waals surface area contributed by atoms with Gasteiger partial charge in [-0.25, -0.2) is 0 Å². The van der Waals surface area contributed by atoms with Gasteiger partial charge < -0.3 is 4.74 Å². The molecule has 0 unspecified atom stereocenters. The first kappa shape index (κ1) is 30.0. The van der Waals surface area contributed by atoms with E-state index in [-0.39, 0.29) is 0 Å². The van der Waals surface area contributed by atoms with Crippen molar-refractivity contribution in [3.8, 4) is 0 Å². The van der Waals surface area contributed by atoms with E-state index in [4.69, 9.17) is 22.3 Å². The molecule has 0 spiro atoms. The van der Waals surface area contributed by atoms with Crippen LogP contribution in [-0.4, -0.2) is 30.7 Å². The highest BCUT2D eigenvalue weighted by atomic mass is 32.3. The smallest absolute Gasteiger partial charge is 0.381 e. The molecule has 0 amide bonds. The van der Waals surface area contributed by atoms with E-state index in [0.29, 0.717) is 0 Å². The molecule has 0 heterocycles. The van der Waals surface area contributed by atoms with Crippen LogP contribution in [0.5, 0.6) is 0 Å². The fourth-order valence-electron chi connectivity index (χ4n) is 3.13. The molecule has 0 aliphatic heterocycles. The monoisotopic (exact) mass is 424 g/mol. The first-order valence-corrected chi connectivity index (χ1v) is 13.1. The highest BCUT2D eigenvalue weighted by molar-refractivity contribution is 7.79. The summed E-state index contributed by atoms with van der Waals surface area (Å²) < 4.78 is 37.3. The second-order valence-electron chi connectivity index (χ2n) is 7.72. The lowest BCUT2D eigenvalue weighted by atomic mass is 10.1. The molecular formula is C22H48O5S. The van der Waals surface area contributed by atoms with Crippen molar-refractivity contribution in [1.29, 1.82) is 0 Å². The summed E-state index contributed by atoms with van der Waals surface area (Å²) in [5.41, 5.74) is 0. The van der Waals surface area contributed by atoms with E-state index in [1.54, 1.807) is 0 Å². The predicted molar refractivity (Wildman–Crippen MR) is 119 cm³/mol. The third-order valence-corrected chi connectivity index (χ3v) is 4.78. The molecule has 0 bridgehead atoms. The Morgan fingerprint density at radius 2 is 0.714 bits per heavy atom. The maximum absolute atomic E-state index is 8.74. The zero-order chi connectivity index (χ0) is 21.3. The molecule has 0 saturated heterocycles. The number of ether oxygens (including phenoxy) is 1. The molecular weight excluding hydrogens is 376 g/mol. The van der Waals surface area contributed by atoms with Gasteiger partial charge in [0.1, 0.15) is 0 Å². The van der Waals surface area contributed by atoms with Gasteiger partial charge in [-0.3, -0.25) is 9.11 Å². The maximum Gasteiger partial charge on any atom is 0.394 e. The highest BCUT2D eigenvalue weighted by Gasteiger charge is 1.94. The van der Waals surface area contributed by atoms with Crippen LogP contribution < -0.4 is 0 Å².